The van der Waals surface area contributed by atoms with Gasteiger partial charge in [0.15, 0.2) is 5.03 Å². The highest BCUT2D eigenvalue weighted by atomic mass is 32.2. The van der Waals surface area contributed by atoms with Gasteiger partial charge in [0.1, 0.15) is 0 Å². The summed E-state index contributed by atoms with van der Waals surface area (Å²) in [6.07, 6.45) is 0.735. The Kier molecular flexibility index (Phi) is 6.60. The van der Waals surface area contributed by atoms with E-state index < -0.39 is 10.0 Å². The quantitative estimate of drug-likeness (QED) is 0.567. The molecule has 0 aliphatic heterocycles. The molecule has 0 aliphatic carbocycles. The van der Waals surface area contributed by atoms with Crippen LogP contribution in [0.15, 0.2) is 5.03 Å². The molecule has 0 amide bonds. The largest absolute Gasteiger partial charge is 0.392 e. The van der Waals surface area contributed by atoms with E-state index >= 15 is 0 Å². The first-order valence-corrected chi connectivity index (χ1v) is 8.31. The summed E-state index contributed by atoms with van der Waals surface area (Å²) in [5.41, 5.74) is 0.886. The van der Waals surface area contributed by atoms with E-state index in [1.807, 2.05) is 0 Å². The van der Waals surface area contributed by atoms with Gasteiger partial charge in [0.2, 0.25) is 0 Å². The normalized spacial score (nSPS) is 12.2. The van der Waals surface area contributed by atoms with Gasteiger partial charge in [-0.3, -0.25) is 5.10 Å². The molecule has 8 heteroatoms. The van der Waals surface area contributed by atoms with Crippen LogP contribution in [0, 0.1) is 6.92 Å². The Morgan fingerprint density at radius 1 is 1.35 bits per heavy atom. The van der Waals surface area contributed by atoms with Crippen molar-refractivity contribution < 1.29 is 13.5 Å². The van der Waals surface area contributed by atoms with Crippen LogP contribution in [-0.4, -0.2) is 54.8 Å². The van der Waals surface area contributed by atoms with E-state index in [9.17, 15) is 13.5 Å². The van der Waals surface area contributed by atoms with Crippen molar-refractivity contribution in [1.29, 1.82) is 0 Å². The minimum atomic E-state index is -3.66. The fraction of sp³-hybridized carbons (Fsp3) is 0.750. The highest BCUT2D eigenvalue weighted by Crippen LogP contribution is 2.15. The van der Waals surface area contributed by atoms with Gasteiger partial charge in [-0.25, -0.2) is 13.1 Å². The summed E-state index contributed by atoms with van der Waals surface area (Å²) < 4.78 is 26.7. The number of aliphatic hydroxyl groups is 1. The van der Waals surface area contributed by atoms with Gasteiger partial charge >= 0.3 is 0 Å². The average Bonchev–Trinajstić information content (AvgIpc) is 2.80. The van der Waals surface area contributed by atoms with Crippen LogP contribution in [0.5, 0.6) is 0 Å². The maximum Gasteiger partial charge on any atom is 0.260 e. The van der Waals surface area contributed by atoms with Crippen molar-refractivity contribution in [1.82, 2.24) is 19.8 Å². The van der Waals surface area contributed by atoms with Crippen LogP contribution in [0.25, 0.3) is 0 Å². The summed E-state index contributed by atoms with van der Waals surface area (Å²) in [5, 5.41) is 15.4. The Balaban J connectivity index is 2.58. The highest BCUT2D eigenvalue weighted by molar-refractivity contribution is 7.89. The van der Waals surface area contributed by atoms with Gasteiger partial charge < -0.3 is 10.0 Å². The van der Waals surface area contributed by atoms with Crippen molar-refractivity contribution in [2.45, 2.75) is 38.8 Å². The lowest BCUT2D eigenvalue weighted by molar-refractivity contribution is 0.277. The van der Waals surface area contributed by atoms with Crippen molar-refractivity contribution in [3.8, 4) is 0 Å². The van der Waals surface area contributed by atoms with E-state index in [1.165, 1.54) is 0 Å². The summed E-state index contributed by atoms with van der Waals surface area (Å²) in [7, 11) is -3.66. The topological polar surface area (TPSA) is 98.3 Å². The van der Waals surface area contributed by atoms with Crippen molar-refractivity contribution in [2.24, 2.45) is 0 Å². The number of sulfonamides is 1. The van der Waals surface area contributed by atoms with Crippen LogP contribution in [0.3, 0.4) is 0 Å². The van der Waals surface area contributed by atoms with Gasteiger partial charge in [-0.2, -0.15) is 5.10 Å². The third-order valence-electron chi connectivity index (χ3n) is 3.29. The van der Waals surface area contributed by atoms with Crippen molar-refractivity contribution in [3.05, 3.63) is 11.3 Å². The van der Waals surface area contributed by atoms with Crippen molar-refractivity contribution >= 4 is 10.0 Å². The van der Waals surface area contributed by atoms with Gasteiger partial charge in [0.25, 0.3) is 10.0 Å². The van der Waals surface area contributed by atoms with E-state index in [0.717, 1.165) is 26.1 Å². The second-order valence-corrected chi connectivity index (χ2v) is 6.25. The van der Waals surface area contributed by atoms with E-state index in [-0.39, 0.29) is 11.6 Å². The molecule has 1 aromatic rings. The molecule has 20 heavy (non-hydrogen) atoms. The van der Waals surface area contributed by atoms with Crippen molar-refractivity contribution in [3.63, 3.8) is 0 Å². The molecule has 116 valence electrons. The Bertz CT molecular complexity index is 509. The smallest absolute Gasteiger partial charge is 0.260 e. The molecule has 1 heterocycles. The molecule has 0 spiro atoms. The molecule has 0 aromatic carbocycles. The number of aromatic nitrogens is 2. The van der Waals surface area contributed by atoms with E-state index in [2.05, 4.69) is 33.7 Å². The number of hydrogen-bond donors (Lipinski definition) is 3. The predicted molar refractivity (Wildman–Crippen MR) is 76.8 cm³/mol. The molecule has 7 nitrogen and oxygen atoms in total. The van der Waals surface area contributed by atoms with Crippen LogP contribution >= 0.6 is 0 Å². The lowest BCUT2D eigenvalue weighted by atomic mass is 10.3. The van der Waals surface area contributed by atoms with Crippen LogP contribution in [-0.2, 0) is 16.6 Å². The number of aliphatic hydroxyl groups excluding tert-OH is 1. The molecule has 0 unspecified atom stereocenters. The first kappa shape index (κ1) is 17.1. The Morgan fingerprint density at radius 2 is 2.00 bits per heavy atom. The predicted octanol–water partition coefficient (Wildman–Crippen LogP) is 0.221. The third kappa shape index (κ3) is 4.27. The maximum absolute atomic E-state index is 12.1. The van der Waals surface area contributed by atoms with Gasteiger partial charge in [-0.1, -0.05) is 13.8 Å². The fourth-order valence-electron chi connectivity index (χ4n) is 1.96. The Labute approximate surface area is 120 Å². The van der Waals surface area contributed by atoms with Gasteiger partial charge in [0.05, 0.1) is 6.61 Å². The number of rotatable bonds is 9. The van der Waals surface area contributed by atoms with Crippen LogP contribution in [0.1, 0.15) is 31.5 Å². The molecule has 0 saturated heterocycles. The summed E-state index contributed by atoms with van der Waals surface area (Å²) in [5.74, 6) is 0. The molecule has 0 aliphatic rings. The maximum atomic E-state index is 12.1. The molecule has 0 bridgehead atoms. The standard InChI is InChI=1S/C12H24N4O3S/c1-4-16(5-2)8-6-7-13-20(18,19)12-11(9-17)10(3)14-15-12/h13,17H,4-9H2,1-3H3,(H,14,15). The zero-order chi connectivity index (χ0) is 15.2. The average molecular weight is 304 g/mol. The molecule has 1 rings (SSSR count). The zero-order valence-electron chi connectivity index (χ0n) is 12.3. The lowest BCUT2D eigenvalue weighted by Crippen LogP contribution is -2.30. The monoisotopic (exact) mass is 304 g/mol. The third-order valence-corrected chi connectivity index (χ3v) is 4.72. The second-order valence-electron chi connectivity index (χ2n) is 4.57. The number of H-pyrrole nitrogens is 1. The van der Waals surface area contributed by atoms with Gasteiger partial charge in [-0.05, 0) is 33.0 Å². The van der Waals surface area contributed by atoms with Crippen molar-refractivity contribution in [2.75, 3.05) is 26.2 Å². The molecular formula is C12H24N4O3S. The summed E-state index contributed by atoms with van der Waals surface area (Å²) in [6.45, 7) is 8.60. The van der Waals surface area contributed by atoms with Crippen LogP contribution in [0.2, 0.25) is 0 Å². The molecule has 0 fully saturated rings. The minimum Gasteiger partial charge on any atom is -0.392 e. The van der Waals surface area contributed by atoms with Crippen LogP contribution in [0.4, 0.5) is 0 Å². The summed E-state index contributed by atoms with van der Waals surface area (Å²) in [4.78, 5) is 2.23. The Hall–Kier alpha value is -0.960. The number of nitrogens with zero attached hydrogens (tertiary/aromatic N) is 2. The lowest BCUT2D eigenvalue weighted by Gasteiger charge is -2.17. The zero-order valence-corrected chi connectivity index (χ0v) is 13.1. The molecule has 3 N–H and O–H groups in total. The number of aromatic amines is 1. The van der Waals surface area contributed by atoms with Gasteiger partial charge in [-0.15, -0.1) is 0 Å². The molecule has 0 radical (unpaired) electrons. The minimum absolute atomic E-state index is 0.111. The van der Waals surface area contributed by atoms with Crippen LogP contribution < -0.4 is 4.72 Å². The highest BCUT2D eigenvalue weighted by Gasteiger charge is 2.22. The Morgan fingerprint density at radius 3 is 2.55 bits per heavy atom. The molecule has 0 saturated carbocycles. The molecule has 1 aromatic heterocycles. The first-order chi connectivity index (χ1) is 9.46. The summed E-state index contributed by atoms with van der Waals surface area (Å²) >= 11 is 0. The number of aryl methyl sites for hydroxylation is 1. The second kappa shape index (κ2) is 7.72. The van der Waals surface area contributed by atoms with E-state index in [1.54, 1.807) is 6.92 Å². The van der Waals surface area contributed by atoms with E-state index in [4.69, 9.17) is 0 Å². The summed E-state index contributed by atoms with van der Waals surface area (Å²) in [6, 6.07) is 0. The number of nitrogens with one attached hydrogen (secondary N) is 2. The molecule has 0 atom stereocenters. The first-order valence-electron chi connectivity index (χ1n) is 6.83. The number of hydrogen-bond acceptors (Lipinski definition) is 5. The SMILES string of the molecule is CCN(CC)CCCNS(=O)(=O)c1n[nH]c(C)c1CO. The molecular weight excluding hydrogens is 280 g/mol. The fourth-order valence-corrected chi connectivity index (χ4v) is 3.21. The van der Waals surface area contributed by atoms with E-state index in [0.29, 0.717) is 17.8 Å². The van der Waals surface area contributed by atoms with Gasteiger partial charge in [0, 0.05) is 17.8 Å².